The summed E-state index contributed by atoms with van der Waals surface area (Å²) in [5, 5.41) is 2.77. The Balaban J connectivity index is 1.28. The smallest absolute Gasteiger partial charge is 0.407 e. The fourth-order valence-electron chi connectivity index (χ4n) is 3.76. The van der Waals surface area contributed by atoms with Crippen LogP contribution in [0.15, 0.2) is 77.3 Å². The highest BCUT2D eigenvalue weighted by Crippen LogP contribution is 2.44. The van der Waals surface area contributed by atoms with Gasteiger partial charge in [-0.2, -0.15) is 0 Å². The van der Waals surface area contributed by atoms with E-state index in [-0.39, 0.29) is 11.7 Å². The number of hydrogen-bond donors (Lipinski definition) is 1. The van der Waals surface area contributed by atoms with Gasteiger partial charge in [0, 0.05) is 16.9 Å². The maximum absolute atomic E-state index is 13.3. The van der Waals surface area contributed by atoms with Crippen LogP contribution < -0.4 is 5.32 Å². The van der Waals surface area contributed by atoms with Crippen molar-refractivity contribution >= 4 is 28.1 Å². The highest BCUT2D eigenvalue weighted by atomic mass is 79.9. The van der Waals surface area contributed by atoms with E-state index < -0.39 is 6.09 Å². The number of rotatable bonds is 6. The van der Waals surface area contributed by atoms with Gasteiger partial charge >= 0.3 is 6.09 Å². The van der Waals surface area contributed by atoms with Gasteiger partial charge in [0.15, 0.2) is 0 Å². The van der Waals surface area contributed by atoms with Crippen LogP contribution in [0.25, 0.3) is 17.2 Å². The zero-order chi connectivity index (χ0) is 20.9. The minimum absolute atomic E-state index is 0.0494. The van der Waals surface area contributed by atoms with Crippen molar-refractivity contribution in [2.45, 2.75) is 12.3 Å². The maximum atomic E-state index is 13.3. The molecule has 1 aliphatic rings. The molecule has 0 atom stereocenters. The van der Waals surface area contributed by atoms with Crippen LogP contribution in [-0.4, -0.2) is 19.2 Å². The zero-order valence-corrected chi connectivity index (χ0v) is 17.9. The van der Waals surface area contributed by atoms with E-state index in [0.717, 1.165) is 10.0 Å². The van der Waals surface area contributed by atoms with Crippen LogP contribution in [0.5, 0.6) is 0 Å². The third-order valence-corrected chi connectivity index (χ3v) is 5.90. The first-order valence-electron chi connectivity index (χ1n) is 9.84. The van der Waals surface area contributed by atoms with Crippen LogP contribution in [0.2, 0.25) is 0 Å². The molecule has 3 nitrogen and oxygen atoms in total. The van der Waals surface area contributed by atoms with E-state index in [4.69, 9.17) is 4.74 Å². The molecular weight excluding hydrogens is 445 g/mol. The molecule has 1 amide bonds. The van der Waals surface area contributed by atoms with Gasteiger partial charge in [-0.15, -0.1) is 0 Å². The molecule has 1 aliphatic carbocycles. The maximum Gasteiger partial charge on any atom is 0.407 e. The summed E-state index contributed by atoms with van der Waals surface area (Å²) < 4.78 is 19.6. The van der Waals surface area contributed by atoms with E-state index in [0.29, 0.717) is 19.6 Å². The number of benzene rings is 3. The molecular formula is C25H21BrFNO2. The number of ether oxygens (including phenoxy) is 1. The first kappa shape index (κ1) is 20.4. The standard InChI is InChI=1S/C25H21BrFNO2/c26-24-13-12-18(27)15-17(24)7-5-6-14-28-25(29)30-16-23-21-10-3-1-8-19(21)20-9-2-4-11-22(20)23/h1-5,7-13,15,23H,6,14,16H2,(H,28,29). The van der Waals surface area contributed by atoms with E-state index in [1.54, 1.807) is 6.07 Å². The Hall–Kier alpha value is -2.92. The second-order valence-electron chi connectivity index (χ2n) is 7.11. The predicted molar refractivity (Wildman–Crippen MR) is 121 cm³/mol. The Kier molecular flexibility index (Phi) is 6.29. The van der Waals surface area contributed by atoms with E-state index in [1.807, 2.05) is 36.4 Å². The molecule has 0 heterocycles. The molecule has 152 valence electrons. The summed E-state index contributed by atoms with van der Waals surface area (Å²) >= 11 is 3.39. The lowest BCUT2D eigenvalue weighted by Crippen LogP contribution is -2.26. The first-order chi connectivity index (χ1) is 14.6. The van der Waals surface area contributed by atoms with Gasteiger partial charge in [-0.1, -0.05) is 76.6 Å². The molecule has 0 aromatic heterocycles. The second-order valence-corrected chi connectivity index (χ2v) is 7.96. The largest absolute Gasteiger partial charge is 0.449 e. The number of amides is 1. The summed E-state index contributed by atoms with van der Waals surface area (Å²) in [7, 11) is 0. The van der Waals surface area contributed by atoms with E-state index in [1.165, 1.54) is 34.4 Å². The molecule has 0 saturated carbocycles. The summed E-state index contributed by atoms with van der Waals surface area (Å²) in [6.07, 6.45) is 3.90. The lowest BCUT2D eigenvalue weighted by Gasteiger charge is -2.14. The molecule has 5 heteroatoms. The van der Waals surface area contributed by atoms with Gasteiger partial charge < -0.3 is 10.1 Å². The van der Waals surface area contributed by atoms with Gasteiger partial charge in [0.25, 0.3) is 0 Å². The third kappa shape index (κ3) is 4.46. The van der Waals surface area contributed by atoms with Crippen molar-refractivity contribution in [2.24, 2.45) is 0 Å². The van der Waals surface area contributed by atoms with Crippen molar-refractivity contribution in [3.05, 3.63) is 99.8 Å². The van der Waals surface area contributed by atoms with Crippen molar-refractivity contribution in [1.29, 1.82) is 0 Å². The molecule has 1 N–H and O–H groups in total. The lowest BCUT2D eigenvalue weighted by atomic mass is 9.98. The summed E-state index contributed by atoms with van der Waals surface area (Å²) in [5.41, 5.74) is 5.55. The molecule has 0 saturated heterocycles. The van der Waals surface area contributed by atoms with E-state index >= 15 is 0 Å². The minimum atomic E-state index is -0.433. The number of fused-ring (bicyclic) bond motifs is 3. The van der Waals surface area contributed by atoms with Gasteiger partial charge in [-0.25, -0.2) is 9.18 Å². The number of nitrogens with one attached hydrogen (secondary N) is 1. The van der Waals surface area contributed by atoms with Crippen molar-refractivity contribution in [3.63, 3.8) is 0 Å². The van der Waals surface area contributed by atoms with Gasteiger partial charge in [-0.3, -0.25) is 0 Å². The zero-order valence-electron chi connectivity index (χ0n) is 16.3. The normalized spacial score (nSPS) is 12.6. The molecule has 3 aromatic carbocycles. The predicted octanol–water partition coefficient (Wildman–Crippen LogP) is 6.53. The highest BCUT2D eigenvalue weighted by molar-refractivity contribution is 9.10. The Morgan fingerprint density at radius 3 is 2.40 bits per heavy atom. The quantitative estimate of drug-likeness (QED) is 0.420. The van der Waals surface area contributed by atoms with Crippen LogP contribution in [0, 0.1) is 5.82 Å². The van der Waals surface area contributed by atoms with Gasteiger partial charge in [0.1, 0.15) is 12.4 Å². The second kappa shape index (κ2) is 9.26. The van der Waals surface area contributed by atoms with Gasteiger partial charge in [0.2, 0.25) is 0 Å². The van der Waals surface area contributed by atoms with Gasteiger partial charge in [0.05, 0.1) is 0 Å². The number of hydrogen-bond acceptors (Lipinski definition) is 2. The van der Waals surface area contributed by atoms with E-state index in [2.05, 4.69) is 45.5 Å². The Labute approximate surface area is 183 Å². The molecule has 0 aliphatic heterocycles. The minimum Gasteiger partial charge on any atom is -0.449 e. The molecule has 0 unspecified atom stereocenters. The van der Waals surface area contributed by atoms with Crippen LogP contribution in [0.3, 0.4) is 0 Å². The first-order valence-corrected chi connectivity index (χ1v) is 10.6. The van der Waals surface area contributed by atoms with Crippen LogP contribution in [0.4, 0.5) is 9.18 Å². The topological polar surface area (TPSA) is 38.3 Å². The van der Waals surface area contributed by atoms with Crippen LogP contribution in [0.1, 0.15) is 29.0 Å². The van der Waals surface area contributed by atoms with Crippen LogP contribution in [-0.2, 0) is 4.74 Å². The van der Waals surface area contributed by atoms with Crippen molar-refractivity contribution in [1.82, 2.24) is 5.32 Å². The molecule has 0 fully saturated rings. The average Bonchev–Trinajstić information content (AvgIpc) is 3.08. The van der Waals surface area contributed by atoms with Crippen molar-refractivity contribution in [2.75, 3.05) is 13.2 Å². The van der Waals surface area contributed by atoms with E-state index in [9.17, 15) is 9.18 Å². The van der Waals surface area contributed by atoms with Crippen molar-refractivity contribution in [3.8, 4) is 11.1 Å². The fraction of sp³-hybridized carbons (Fsp3) is 0.160. The Morgan fingerprint density at radius 2 is 1.70 bits per heavy atom. The summed E-state index contributed by atoms with van der Waals surface area (Å²) in [5.74, 6) is -0.233. The summed E-state index contributed by atoms with van der Waals surface area (Å²) in [4.78, 5) is 12.1. The summed E-state index contributed by atoms with van der Waals surface area (Å²) in [6.45, 7) is 0.742. The number of alkyl carbamates (subject to hydrolysis) is 1. The third-order valence-electron chi connectivity index (χ3n) is 5.18. The van der Waals surface area contributed by atoms with Crippen molar-refractivity contribution < 1.29 is 13.9 Å². The molecule has 0 bridgehead atoms. The molecule has 3 aromatic rings. The molecule has 0 spiro atoms. The highest BCUT2D eigenvalue weighted by Gasteiger charge is 2.28. The van der Waals surface area contributed by atoms with Crippen LogP contribution >= 0.6 is 15.9 Å². The van der Waals surface area contributed by atoms with Gasteiger partial charge in [-0.05, 0) is 52.4 Å². The SMILES string of the molecule is O=C(NCCC=Cc1cc(F)ccc1Br)OCC1c2ccccc2-c2ccccc21. The number of carbonyl (C=O) groups is 1. The molecule has 4 rings (SSSR count). The molecule has 30 heavy (non-hydrogen) atoms. The monoisotopic (exact) mass is 465 g/mol. The Morgan fingerprint density at radius 1 is 1.03 bits per heavy atom. The molecule has 0 radical (unpaired) electrons. The number of carbonyl (C=O) groups excluding carboxylic acids is 1. The fourth-order valence-corrected chi connectivity index (χ4v) is 4.14. The summed E-state index contributed by atoms with van der Waals surface area (Å²) in [6, 6.07) is 21.0. The number of halogens is 2. The average molecular weight is 466 g/mol. The lowest BCUT2D eigenvalue weighted by molar-refractivity contribution is 0.143. The Bertz CT molecular complexity index is 1050.